The fourth-order valence-electron chi connectivity index (χ4n) is 2.50. The van der Waals surface area contributed by atoms with Crippen molar-refractivity contribution in [1.82, 2.24) is 10.2 Å². The number of terminal acetylenes is 1. The number of nitrogens with two attached hydrogens (primary N) is 2. The predicted octanol–water partition coefficient (Wildman–Crippen LogP) is 1.37. The Morgan fingerprint density at radius 2 is 2.09 bits per heavy atom. The van der Waals surface area contributed by atoms with E-state index in [9.17, 15) is 8.78 Å². The van der Waals surface area contributed by atoms with Gasteiger partial charge in [-0.2, -0.15) is 10.2 Å². The smallest absolute Gasteiger partial charge is 0.171 e. The van der Waals surface area contributed by atoms with E-state index in [0.717, 1.165) is 16.8 Å². The summed E-state index contributed by atoms with van der Waals surface area (Å²) in [6, 6.07) is 0. The number of hydrogen-bond acceptors (Lipinski definition) is 3. The minimum Gasteiger partial charge on any atom is -0.380 e. The number of aromatic amines is 1. The molecule has 0 radical (unpaired) electrons. The van der Waals surface area contributed by atoms with Crippen LogP contribution in [-0.4, -0.2) is 29.4 Å². The zero-order valence-electron chi connectivity index (χ0n) is 12.1. The molecule has 5 N–H and O–H groups in total. The lowest BCUT2D eigenvalue weighted by molar-refractivity contribution is 0.550. The number of allylic oxidation sites excluding steroid dienone is 4. The number of nitrogens with one attached hydrogen (secondary N) is 1. The van der Waals surface area contributed by atoms with E-state index in [1.165, 1.54) is 12.2 Å². The van der Waals surface area contributed by atoms with Gasteiger partial charge in [-0.25, -0.2) is 8.78 Å². The Morgan fingerprint density at radius 3 is 2.68 bits per heavy atom. The molecule has 0 aromatic carbocycles. The molecular formula is C15H19F2N5. The van der Waals surface area contributed by atoms with Gasteiger partial charge in [-0.15, -0.1) is 12.8 Å². The van der Waals surface area contributed by atoms with Crippen molar-refractivity contribution in [2.24, 2.45) is 22.6 Å². The molecule has 1 aromatic heterocycles. The van der Waals surface area contributed by atoms with Gasteiger partial charge in [0, 0.05) is 11.3 Å². The highest BCUT2D eigenvalue weighted by molar-refractivity contribution is 5.97. The number of H-pyrrole nitrogens is 1. The van der Waals surface area contributed by atoms with E-state index < -0.39 is 13.3 Å². The maximum Gasteiger partial charge on any atom is 0.171 e. The molecule has 2 rings (SSSR count). The Balaban J connectivity index is 0.00000116. The van der Waals surface area contributed by atoms with E-state index in [2.05, 4.69) is 28.1 Å². The van der Waals surface area contributed by atoms with E-state index in [4.69, 9.17) is 11.6 Å². The van der Waals surface area contributed by atoms with Crippen molar-refractivity contribution in [3.8, 4) is 12.8 Å². The molecule has 5 nitrogen and oxygen atoms in total. The van der Waals surface area contributed by atoms with E-state index in [-0.39, 0.29) is 11.8 Å². The number of fused-ring (bicyclic) bond motifs is 1. The second-order valence-corrected chi connectivity index (χ2v) is 4.56. The molecular weight excluding hydrogens is 288 g/mol. The maximum atomic E-state index is 12.6. The van der Waals surface area contributed by atoms with Gasteiger partial charge in [0.15, 0.2) is 5.84 Å². The van der Waals surface area contributed by atoms with Gasteiger partial charge in [0.1, 0.15) is 19.0 Å². The van der Waals surface area contributed by atoms with Crippen molar-refractivity contribution in [2.75, 3.05) is 13.3 Å². The van der Waals surface area contributed by atoms with Crippen LogP contribution >= 0.6 is 0 Å². The normalized spacial score (nSPS) is 18.1. The van der Waals surface area contributed by atoms with Gasteiger partial charge >= 0.3 is 0 Å². The molecule has 0 amide bonds. The number of amidine groups is 1. The molecule has 0 aliphatic heterocycles. The number of aromatic nitrogens is 2. The Kier molecular flexibility index (Phi) is 6.83. The fraction of sp³-hybridized carbons (Fsp3) is 0.333. The average Bonchev–Trinajstić information content (AvgIpc) is 3.13. The molecule has 0 saturated carbocycles. The monoisotopic (exact) mass is 307 g/mol. The number of alkyl halides is 2. The summed E-state index contributed by atoms with van der Waals surface area (Å²) in [5, 5.41) is 10.4. The standard InChI is InChI=1S/C13H17F2N5.C2H2/c14-4-1-2-8(3-5-15)9-6-10-11(7-9)19-20-12(10)13(16)18-17;1-2/h1-3,9H,4-7,17H2,(H2,16,18)(H,19,20);1-2H/b2-1-,8-3+;. The zero-order chi connectivity index (χ0) is 16.5. The Labute approximate surface area is 128 Å². The van der Waals surface area contributed by atoms with Gasteiger partial charge in [-0.1, -0.05) is 18.2 Å². The summed E-state index contributed by atoms with van der Waals surface area (Å²) >= 11 is 0. The van der Waals surface area contributed by atoms with Crippen molar-refractivity contribution in [1.29, 1.82) is 0 Å². The molecule has 0 spiro atoms. The number of nitrogens with zero attached hydrogens (tertiary/aromatic N) is 2. The van der Waals surface area contributed by atoms with Crippen LogP contribution in [0, 0.1) is 18.8 Å². The summed E-state index contributed by atoms with van der Waals surface area (Å²) in [7, 11) is 0. The molecule has 1 unspecified atom stereocenters. The highest BCUT2D eigenvalue weighted by Crippen LogP contribution is 2.32. The Morgan fingerprint density at radius 1 is 1.36 bits per heavy atom. The summed E-state index contributed by atoms with van der Waals surface area (Å²) < 4.78 is 24.8. The van der Waals surface area contributed by atoms with Crippen LogP contribution < -0.4 is 11.6 Å². The second-order valence-electron chi connectivity index (χ2n) is 4.56. The highest BCUT2D eigenvalue weighted by atomic mass is 19.1. The van der Waals surface area contributed by atoms with Crippen LogP contribution in [0.15, 0.2) is 28.9 Å². The third kappa shape index (κ3) is 3.73. The van der Waals surface area contributed by atoms with Crippen LogP contribution in [0.1, 0.15) is 17.0 Å². The van der Waals surface area contributed by atoms with Crippen molar-refractivity contribution >= 4 is 5.84 Å². The second kappa shape index (κ2) is 8.62. The molecule has 1 aromatic rings. The minimum absolute atomic E-state index is 0.0853. The van der Waals surface area contributed by atoms with Crippen LogP contribution in [0.4, 0.5) is 8.78 Å². The molecule has 1 aliphatic rings. The first-order valence-corrected chi connectivity index (χ1v) is 6.63. The van der Waals surface area contributed by atoms with Gasteiger partial charge in [0.2, 0.25) is 0 Å². The van der Waals surface area contributed by atoms with Crippen LogP contribution in [0.2, 0.25) is 0 Å². The van der Waals surface area contributed by atoms with Gasteiger partial charge in [0.05, 0.1) is 0 Å². The maximum absolute atomic E-state index is 12.6. The lowest BCUT2D eigenvalue weighted by atomic mass is 9.95. The van der Waals surface area contributed by atoms with Gasteiger partial charge < -0.3 is 11.6 Å². The third-order valence-corrected chi connectivity index (χ3v) is 3.42. The molecule has 7 heteroatoms. The SMILES string of the molecule is C#C.N/N=C(\N)c1n[nH]c2c1CC(C(/C=C\CF)=C/CF)C2. The quantitative estimate of drug-likeness (QED) is 0.191. The van der Waals surface area contributed by atoms with Crippen LogP contribution in [0.5, 0.6) is 0 Å². The fourth-order valence-corrected chi connectivity index (χ4v) is 2.50. The molecule has 118 valence electrons. The first kappa shape index (κ1) is 17.4. The van der Waals surface area contributed by atoms with E-state index in [0.29, 0.717) is 18.5 Å². The number of rotatable bonds is 5. The highest BCUT2D eigenvalue weighted by Gasteiger charge is 2.29. The topological polar surface area (TPSA) is 93.1 Å². The number of halogens is 2. The first-order valence-electron chi connectivity index (χ1n) is 6.63. The van der Waals surface area contributed by atoms with Crippen LogP contribution in [0.25, 0.3) is 0 Å². The largest absolute Gasteiger partial charge is 0.380 e. The average molecular weight is 307 g/mol. The van der Waals surface area contributed by atoms with Crippen molar-refractivity contribution in [3.63, 3.8) is 0 Å². The zero-order valence-corrected chi connectivity index (χ0v) is 12.1. The Hall–Kier alpha value is -2.62. The van der Waals surface area contributed by atoms with Crippen LogP contribution in [-0.2, 0) is 12.8 Å². The molecule has 1 atom stereocenters. The van der Waals surface area contributed by atoms with E-state index >= 15 is 0 Å². The van der Waals surface area contributed by atoms with Crippen molar-refractivity contribution < 1.29 is 8.78 Å². The lowest BCUT2D eigenvalue weighted by Gasteiger charge is -2.10. The molecule has 1 heterocycles. The van der Waals surface area contributed by atoms with E-state index in [1.807, 2.05) is 0 Å². The Bertz CT molecular complexity index is 598. The van der Waals surface area contributed by atoms with Gasteiger partial charge in [0.25, 0.3) is 0 Å². The van der Waals surface area contributed by atoms with Crippen LogP contribution in [0.3, 0.4) is 0 Å². The number of hydrazone groups is 1. The summed E-state index contributed by atoms with van der Waals surface area (Å²) in [6.45, 7) is -1.14. The van der Waals surface area contributed by atoms with E-state index in [1.54, 1.807) is 6.08 Å². The van der Waals surface area contributed by atoms with Gasteiger partial charge in [-0.05, 0) is 24.3 Å². The third-order valence-electron chi connectivity index (χ3n) is 3.42. The van der Waals surface area contributed by atoms with Crippen molar-refractivity contribution in [2.45, 2.75) is 12.8 Å². The minimum atomic E-state index is -0.575. The molecule has 0 saturated heterocycles. The molecule has 0 fully saturated rings. The first-order chi connectivity index (χ1) is 10.7. The lowest BCUT2D eigenvalue weighted by Crippen LogP contribution is -2.18. The van der Waals surface area contributed by atoms with Crippen molar-refractivity contribution in [3.05, 3.63) is 40.8 Å². The number of hydrogen-bond donors (Lipinski definition) is 3. The summed E-state index contributed by atoms with van der Waals surface area (Å²) in [6.07, 6.45) is 13.8. The van der Waals surface area contributed by atoms with Gasteiger partial charge in [-0.3, -0.25) is 5.10 Å². The summed E-state index contributed by atoms with van der Waals surface area (Å²) in [5.41, 5.74) is 8.88. The summed E-state index contributed by atoms with van der Waals surface area (Å²) in [4.78, 5) is 0. The molecule has 22 heavy (non-hydrogen) atoms. The molecule has 1 aliphatic carbocycles. The predicted molar refractivity (Wildman–Crippen MR) is 83.5 cm³/mol. The molecule has 0 bridgehead atoms. The summed E-state index contributed by atoms with van der Waals surface area (Å²) in [5.74, 6) is 5.41.